The molecule has 2 atom stereocenters. The van der Waals surface area contributed by atoms with E-state index in [1.54, 1.807) is 0 Å². The van der Waals surface area contributed by atoms with Crippen molar-refractivity contribution in [3.63, 3.8) is 0 Å². The van der Waals surface area contributed by atoms with Crippen LogP contribution >= 0.6 is 7.80 Å². The van der Waals surface area contributed by atoms with Gasteiger partial charge in [0.15, 0.2) is 0 Å². The number of hydrogen-bond acceptors (Lipinski definition) is 4. The van der Waals surface area contributed by atoms with Crippen LogP contribution in [0.5, 0.6) is 0 Å². The molecule has 0 aromatic carbocycles. The lowest BCUT2D eigenvalue weighted by atomic mass is 10.3. The molecule has 4 nitrogen and oxygen atoms in total. The van der Waals surface area contributed by atoms with Gasteiger partial charge in [-0.2, -0.15) is 0 Å². The molecule has 0 bridgehead atoms. The molecular weight excluding hydrogens is 275 g/mol. The molecule has 0 radical (unpaired) electrons. The maximum absolute atomic E-state index is 11.9. The van der Waals surface area contributed by atoms with Gasteiger partial charge >= 0.3 is 5.97 Å². The van der Waals surface area contributed by atoms with E-state index in [1.807, 2.05) is 6.92 Å². The quantitative estimate of drug-likeness (QED) is 0.290. The van der Waals surface area contributed by atoms with Gasteiger partial charge in [0.1, 0.15) is 13.6 Å². The molecule has 5 heteroatoms. The number of rotatable bonds is 13. The number of unbranched alkanes of at least 4 members (excludes halogenated alkanes) is 4. The van der Waals surface area contributed by atoms with Crippen molar-refractivity contribution >= 4 is 13.8 Å². The van der Waals surface area contributed by atoms with Gasteiger partial charge in [-0.3, -0.25) is 4.79 Å². The number of esters is 1. The monoisotopic (exact) mass is 306 g/mol. The molecule has 0 spiro atoms. The van der Waals surface area contributed by atoms with E-state index in [4.69, 9.17) is 9.47 Å². The molecule has 0 N–H and O–H groups in total. The van der Waals surface area contributed by atoms with Gasteiger partial charge < -0.3 is 14.0 Å². The summed E-state index contributed by atoms with van der Waals surface area (Å²) in [5.74, 6) is -0.470. The fraction of sp³-hybridized carbons (Fsp3) is 0.933. The Morgan fingerprint density at radius 2 is 1.65 bits per heavy atom. The van der Waals surface area contributed by atoms with Gasteiger partial charge in [-0.1, -0.05) is 39.5 Å². The van der Waals surface area contributed by atoms with Crippen LogP contribution in [0, 0.1) is 0 Å². The lowest BCUT2D eigenvalue weighted by Crippen LogP contribution is -2.10. The van der Waals surface area contributed by atoms with Crippen molar-refractivity contribution in [1.29, 1.82) is 0 Å². The molecule has 0 fully saturated rings. The van der Waals surface area contributed by atoms with Crippen LogP contribution in [0.1, 0.15) is 65.7 Å². The van der Waals surface area contributed by atoms with Gasteiger partial charge in [0, 0.05) is 12.8 Å². The second kappa shape index (κ2) is 13.6. The van der Waals surface area contributed by atoms with Crippen molar-refractivity contribution in [1.82, 2.24) is 0 Å². The third kappa shape index (κ3) is 11.5. The predicted molar refractivity (Wildman–Crippen MR) is 83.9 cm³/mol. The summed E-state index contributed by atoms with van der Waals surface area (Å²) in [5, 5.41) is 0. The number of hydrogen-bond donors (Lipinski definition) is 0. The summed E-state index contributed by atoms with van der Waals surface area (Å²) in [6, 6.07) is 0. The third-order valence-electron chi connectivity index (χ3n) is 3.16. The van der Waals surface area contributed by atoms with Crippen LogP contribution < -0.4 is 0 Å². The van der Waals surface area contributed by atoms with Crippen LogP contribution in [0.25, 0.3) is 0 Å². The second-order valence-corrected chi connectivity index (χ2v) is 7.36. The normalized spacial score (nSPS) is 13.9. The Bertz CT molecular complexity index is 269. The Morgan fingerprint density at radius 1 is 1.05 bits per heavy atom. The Hall–Kier alpha value is -0.340. The van der Waals surface area contributed by atoms with E-state index in [-0.39, 0.29) is 18.2 Å². The zero-order valence-corrected chi connectivity index (χ0v) is 14.3. The Balaban J connectivity index is 3.61. The second-order valence-electron chi connectivity index (χ2n) is 5.11. The lowest BCUT2D eigenvalue weighted by molar-refractivity contribution is -0.143. The Labute approximate surface area is 124 Å². The largest absolute Gasteiger partial charge is 0.466 e. The summed E-state index contributed by atoms with van der Waals surface area (Å²) in [6.45, 7) is 7.22. The molecule has 20 heavy (non-hydrogen) atoms. The van der Waals surface area contributed by atoms with Crippen LogP contribution in [0.4, 0.5) is 0 Å². The summed E-state index contributed by atoms with van der Waals surface area (Å²) in [5.41, 5.74) is 0. The van der Waals surface area contributed by atoms with Gasteiger partial charge in [0.2, 0.25) is 0 Å². The zero-order chi connectivity index (χ0) is 15.2. The first-order valence-corrected chi connectivity index (χ1v) is 9.61. The fourth-order valence-corrected chi connectivity index (χ4v) is 2.90. The van der Waals surface area contributed by atoms with E-state index in [0.717, 1.165) is 38.5 Å². The van der Waals surface area contributed by atoms with Crippen molar-refractivity contribution in [2.45, 2.75) is 71.6 Å². The number of carbonyl (C=O) groups excluding carboxylic acids is 1. The topological polar surface area (TPSA) is 52.6 Å². The summed E-state index contributed by atoms with van der Waals surface area (Å²) >= 11 is 0. The minimum atomic E-state index is -1.86. The minimum Gasteiger partial charge on any atom is -0.466 e. The van der Waals surface area contributed by atoms with Crippen molar-refractivity contribution in [3.05, 3.63) is 0 Å². The highest BCUT2D eigenvalue weighted by molar-refractivity contribution is 7.45. The summed E-state index contributed by atoms with van der Waals surface area (Å²) < 4.78 is 22.6. The number of carbonyl (C=O) groups is 1. The molecule has 120 valence electrons. The molecule has 0 rings (SSSR count). The van der Waals surface area contributed by atoms with E-state index >= 15 is 0 Å². The van der Waals surface area contributed by atoms with Gasteiger partial charge in [-0.25, -0.2) is 0 Å². The van der Waals surface area contributed by atoms with Crippen LogP contribution in [-0.4, -0.2) is 31.2 Å². The van der Waals surface area contributed by atoms with Crippen molar-refractivity contribution in [2.24, 2.45) is 0 Å². The molecule has 0 aliphatic heterocycles. The van der Waals surface area contributed by atoms with Gasteiger partial charge in [0.25, 0.3) is 0 Å². The standard InChI is InChI=1S/C15H31O4P/c1-4-6-8-11-18-14(3)20(17)13-10-15(16)19-12-9-7-5-2/h14,20H,4-13H2,1-3H3. The Kier molecular flexibility index (Phi) is 13.4. The SMILES string of the molecule is CCCCCOC(=O)CC[PH](=O)C(C)OCCCCC. The lowest BCUT2D eigenvalue weighted by Gasteiger charge is -2.12. The van der Waals surface area contributed by atoms with E-state index < -0.39 is 7.80 Å². The Morgan fingerprint density at radius 3 is 2.25 bits per heavy atom. The van der Waals surface area contributed by atoms with Crippen molar-refractivity contribution < 1.29 is 18.8 Å². The molecule has 0 saturated heterocycles. The van der Waals surface area contributed by atoms with E-state index in [1.165, 1.54) is 0 Å². The summed E-state index contributed by atoms with van der Waals surface area (Å²) in [7, 11) is -1.86. The van der Waals surface area contributed by atoms with Crippen LogP contribution in [0.15, 0.2) is 0 Å². The smallest absolute Gasteiger partial charge is 0.306 e. The maximum Gasteiger partial charge on any atom is 0.306 e. The highest BCUT2D eigenvalue weighted by Crippen LogP contribution is 2.29. The predicted octanol–water partition coefficient (Wildman–Crippen LogP) is 4.22. The van der Waals surface area contributed by atoms with E-state index in [0.29, 0.717) is 19.4 Å². The van der Waals surface area contributed by atoms with Crippen LogP contribution in [0.3, 0.4) is 0 Å². The zero-order valence-electron chi connectivity index (χ0n) is 13.3. The van der Waals surface area contributed by atoms with Gasteiger partial charge in [0.05, 0.1) is 13.0 Å². The maximum atomic E-state index is 11.9. The first-order valence-electron chi connectivity index (χ1n) is 7.91. The van der Waals surface area contributed by atoms with E-state index in [9.17, 15) is 9.36 Å². The van der Waals surface area contributed by atoms with Gasteiger partial charge in [-0.05, 0) is 19.8 Å². The first kappa shape index (κ1) is 19.7. The fourth-order valence-electron chi connectivity index (χ4n) is 1.74. The highest BCUT2D eigenvalue weighted by atomic mass is 31.1. The van der Waals surface area contributed by atoms with Crippen LogP contribution in [-0.2, 0) is 18.8 Å². The molecular formula is C15H31O4P. The average molecular weight is 306 g/mol. The summed E-state index contributed by atoms with van der Waals surface area (Å²) in [6.07, 6.45) is 7.03. The van der Waals surface area contributed by atoms with Crippen molar-refractivity contribution in [3.8, 4) is 0 Å². The molecule has 0 amide bonds. The molecule has 0 saturated carbocycles. The average Bonchev–Trinajstić information content (AvgIpc) is 2.45. The summed E-state index contributed by atoms with van der Waals surface area (Å²) in [4.78, 5) is 11.4. The first-order chi connectivity index (χ1) is 9.61. The van der Waals surface area contributed by atoms with Crippen molar-refractivity contribution in [2.75, 3.05) is 19.4 Å². The van der Waals surface area contributed by atoms with E-state index in [2.05, 4.69) is 13.8 Å². The molecule has 0 heterocycles. The minimum absolute atomic E-state index is 0.232. The molecule has 0 aromatic heterocycles. The van der Waals surface area contributed by atoms with Gasteiger partial charge in [-0.15, -0.1) is 0 Å². The number of ether oxygens (including phenoxy) is 2. The molecule has 2 unspecified atom stereocenters. The highest BCUT2D eigenvalue weighted by Gasteiger charge is 2.13. The molecule has 0 aromatic rings. The third-order valence-corrected chi connectivity index (χ3v) is 4.97. The molecule has 0 aliphatic carbocycles. The molecule has 0 aliphatic rings. The van der Waals surface area contributed by atoms with Crippen LogP contribution in [0.2, 0.25) is 0 Å².